The number of hydrogen-bond donors (Lipinski definition) is 0. The number of carbonyl (C=O) groups excluding carboxylic acids is 2. The molecule has 0 spiro atoms. The van der Waals surface area contributed by atoms with Crippen LogP contribution in [0.25, 0.3) is 0 Å². The number of rotatable bonds is 8. The first kappa shape index (κ1) is 26.5. The third kappa shape index (κ3) is 12.8. The Labute approximate surface area is 142 Å². The van der Waals surface area contributed by atoms with Crippen molar-refractivity contribution in [3.05, 3.63) is 0 Å². The van der Waals surface area contributed by atoms with Gasteiger partial charge in [0.2, 0.25) is 0 Å². The number of esters is 1. The number of oxime groups is 1. The molecule has 1 unspecified atom stereocenters. The number of ketones is 1. The highest BCUT2D eigenvalue weighted by atomic mass is 16.6. The maximum atomic E-state index is 11.8. The van der Waals surface area contributed by atoms with E-state index in [0.29, 0.717) is 6.42 Å². The van der Waals surface area contributed by atoms with Crippen molar-refractivity contribution < 1.29 is 19.2 Å². The van der Waals surface area contributed by atoms with E-state index in [9.17, 15) is 9.59 Å². The minimum absolute atomic E-state index is 0.0354. The van der Waals surface area contributed by atoms with Gasteiger partial charge >= 0.3 is 5.97 Å². The van der Waals surface area contributed by atoms with E-state index in [2.05, 4.69) is 9.99 Å². The van der Waals surface area contributed by atoms with Crippen LogP contribution in [-0.2, 0) is 19.2 Å². The van der Waals surface area contributed by atoms with Crippen molar-refractivity contribution in [2.45, 2.75) is 67.0 Å². The van der Waals surface area contributed by atoms with E-state index in [1.165, 1.54) is 21.0 Å². The molecule has 0 saturated carbocycles. The zero-order chi connectivity index (χ0) is 19.0. The van der Waals surface area contributed by atoms with Crippen molar-refractivity contribution in [1.29, 1.82) is 0 Å². The summed E-state index contributed by atoms with van der Waals surface area (Å²) in [6, 6.07) is -0.463. The zero-order valence-electron chi connectivity index (χ0n) is 16.5. The van der Waals surface area contributed by atoms with Crippen molar-refractivity contribution in [2.75, 3.05) is 21.2 Å². The lowest BCUT2D eigenvalue weighted by Gasteiger charge is -2.33. The molecule has 0 saturated heterocycles. The number of hydrogen-bond acceptors (Lipinski definition) is 6. The number of nitrogens with zero attached hydrogens (tertiary/aromatic N) is 2. The molecule has 0 aliphatic carbocycles. The van der Waals surface area contributed by atoms with Crippen molar-refractivity contribution in [3.63, 3.8) is 0 Å². The molecule has 0 bridgehead atoms. The van der Waals surface area contributed by atoms with Crippen LogP contribution in [0.2, 0.25) is 0 Å². The van der Waals surface area contributed by atoms with Crippen LogP contribution in [0.15, 0.2) is 5.16 Å². The molecule has 3 atom stereocenters. The molecule has 0 rings (SSSR count). The first-order valence-corrected chi connectivity index (χ1v) is 8.20. The third-order valence-corrected chi connectivity index (χ3v) is 2.80. The zero-order valence-corrected chi connectivity index (χ0v) is 16.5. The van der Waals surface area contributed by atoms with Crippen LogP contribution in [0.4, 0.5) is 0 Å². The predicted molar refractivity (Wildman–Crippen MR) is 95.7 cm³/mol. The molecular weight excluding hydrogens is 296 g/mol. The quantitative estimate of drug-likeness (QED) is 0.388. The number of Topliss-reactive ketones (excluding diaryl/α,β-unsaturated/α-hetero) is 1. The molecule has 0 fully saturated rings. The van der Waals surface area contributed by atoms with Gasteiger partial charge < -0.3 is 9.57 Å². The van der Waals surface area contributed by atoms with Gasteiger partial charge in [0.05, 0.1) is 0 Å². The average molecular weight is 332 g/mol. The maximum absolute atomic E-state index is 11.8. The molecule has 0 aromatic heterocycles. The van der Waals surface area contributed by atoms with Gasteiger partial charge in [-0.3, -0.25) is 14.5 Å². The third-order valence-electron chi connectivity index (χ3n) is 2.80. The number of carbonyl (C=O) groups is 2. The molecule has 0 aliphatic heterocycles. The largest absolute Gasteiger partial charge is 0.460 e. The Morgan fingerprint density at radius 2 is 1.61 bits per heavy atom. The van der Waals surface area contributed by atoms with Gasteiger partial charge in [0.25, 0.3) is 0 Å². The standard InChI is InChI=1S/C13H24N2O4.2C2H6/c1-9(7-8-14-18-6)13(19-11(3)17)12(10(2)16)15(4)5;2*1-2/h8-9,12-13H,7H2,1-6H3;2*1-2H3/b14-8-;;/t9-,12-,13?;;/m1../s1. The van der Waals surface area contributed by atoms with Crippen molar-refractivity contribution in [1.82, 2.24) is 4.90 Å². The highest BCUT2D eigenvalue weighted by molar-refractivity contribution is 5.82. The predicted octanol–water partition coefficient (Wildman–Crippen LogP) is 3.15. The maximum Gasteiger partial charge on any atom is 0.302 e. The van der Waals surface area contributed by atoms with Gasteiger partial charge in [-0.15, -0.1) is 0 Å². The van der Waals surface area contributed by atoms with Crippen LogP contribution in [0.5, 0.6) is 0 Å². The van der Waals surface area contributed by atoms with E-state index in [4.69, 9.17) is 4.74 Å². The Hall–Kier alpha value is -1.43. The van der Waals surface area contributed by atoms with Gasteiger partial charge in [-0.1, -0.05) is 39.8 Å². The van der Waals surface area contributed by atoms with Crippen molar-refractivity contribution in [2.24, 2.45) is 11.1 Å². The highest BCUT2D eigenvalue weighted by Crippen LogP contribution is 2.19. The van der Waals surface area contributed by atoms with Crippen molar-refractivity contribution in [3.8, 4) is 0 Å². The summed E-state index contributed by atoms with van der Waals surface area (Å²) in [7, 11) is 5.04. The lowest BCUT2D eigenvalue weighted by atomic mass is 9.92. The SMILES string of the molecule is CC.CC.CO/N=C\C[C@@H](C)C(OC(C)=O)[C@@H](C(C)=O)N(C)C. The lowest BCUT2D eigenvalue weighted by molar-refractivity contribution is -0.154. The van der Waals surface area contributed by atoms with Gasteiger partial charge in [0, 0.05) is 19.1 Å². The Balaban J connectivity index is -0.000000919. The van der Waals surface area contributed by atoms with Gasteiger partial charge in [-0.25, -0.2) is 0 Å². The summed E-state index contributed by atoms with van der Waals surface area (Å²) in [6.07, 6.45) is 1.66. The first-order valence-electron chi connectivity index (χ1n) is 8.20. The van der Waals surface area contributed by atoms with Crippen LogP contribution in [-0.4, -0.2) is 56.2 Å². The van der Waals surface area contributed by atoms with Gasteiger partial charge in [-0.2, -0.15) is 0 Å². The van der Waals surface area contributed by atoms with Gasteiger partial charge in [0.1, 0.15) is 19.3 Å². The number of ether oxygens (including phenoxy) is 1. The second-order valence-electron chi connectivity index (χ2n) is 4.78. The smallest absolute Gasteiger partial charge is 0.302 e. The fraction of sp³-hybridized carbons (Fsp3) is 0.824. The van der Waals surface area contributed by atoms with E-state index in [0.717, 1.165) is 0 Å². The molecule has 0 aromatic carbocycles. The molecule has 0 radical (unpaired) electrons. The molecular formula is C17H36N2O4. The van der Waals surface area contributed by atoms with Crippen LogP contribution < -0.4 is 0 Å². The Kier molecular flexibility index (Phi) is 19.5. The van der Waals surface area contributed by atoms with Crippen molar-refractivity contribution >= 4 is 18.0 Å². The summed E-state index contributed by atoms with van der Waals surface area (Å²) >= 11 is 0. The fourth-order valence-corrected chi connectivity index (χ4v) is 1.99. The second kappa shape index (κ2) is 16.9. The Bertz CT molecular complexity index is 331. The van der Waals surface area contributed by atoms with E-state index in [1.54, 1.807) is 25.2 Å². The highest BCUT2D eigenvalue weighted by Gasteiger charge is 2.34. The molecule has 0 heterocycles. The second-order valence-corrected chi connectivity index (χ2v) is 4.78. The molecule has 0 N–H and O–H groups in total. The molecule has 23 heavy (non-hydrogen) atoms. The molecule has 0 amide bonds. The topological polar surface area (TPSA) is 68.2 Å². The lowest BCUT2D eigenvalue weighted by Crippen LogP contribution is -2.49. The molecule has 6 nitrogen and oxygen atoms in total. The molecule has 138 valence electrons. The first-order chi connectivity index (χ1) is 10.8. The summed E-state index contributed by atoms with van der Waals surface area (Å²) in [5.74, 6) is -0.473. The monoisotopic (exact) mass is 332 g/mol. The molecule has 0 aromatic rings. The van der Waals surface area contributed by atoms with Crippen LogP contribution in [0.3, 0.4) is 0 Å². The van der Waals surface area contributed by atoms with E-state index < -0.39 is 18.1 Å². The summed E-state index contributed by atoms with van der Waals surface area (Å²) in [5.41, 5.74) is 0. The molecule has 0 aliphatic rings. The van der Waals surface area contributed by atoms with E-state index in [1.807, 2.05) is 34.6 Å². The van der Waals surface area contributed by atoms with Gasteiger partial charge in [0.15, 0.2) is 5.78 Å². The van der Waals surface area contributed by atoms with Gasteiger partial charge in [-0.05, 0) is 27.4 Å². The summed E-state index contributed by atoms with van der Waals surface area (Å²) in [6.45, 7) is 12.8. The summed E-state index contributed by atoms with van der Waals surface area (Å²) in [4.78, 5) is 29.3. The summed E-state index contributed by atoms with van der Waals surface area (Å²) < 4.78 is 5.32. The minimum atomic E-state index is -0.506. The normalized spacial score (nSPS) is 13.9. The number of likely N-dealkylation sites (N-methyl/N-ethyl adjacent to an activating group) is 1. The minimum Gasteiger partial charge on any atom is -0.460 e. The average Bonchev–Trinajstić information content (AvgIpc) is 2.49. The fourth-order valence-electron chi connectivity index (χ4n) is 1.99. The summed E-state index contributed by atoms with van der Waals surface area (Å²) in [5, 5.41) is 3.66. The van der Waals surface area contributed by atoms with Crippen LogP contribution in [0, 0.1) is 5.92 Å². The Morgan fingerprint density at radius 1 is 1.13 bits per heavy atom. The van der Waals surface area contributed by atoms with E-state index in [-0.39, 0.29) is 11.7 Å². The van der Waals surface area contributed by atoms with Crippen LogP contribution >= 0.6 is 0 Å². The van der Waals surface area contributed by atoms with Crippen LogP contribution in [0.1, 0.15) is 54.9 Å². The van der Waals surface area contributed by atoms with E-state index >= 15 is 0 Å². The Morgan fingerprint density at radius 3 is 1.91 bits per heavy atom. The molecule has 6 heteroatoms.